The number of carbonyl (C=O) groups is 1. The van der Waals surface area contributed by atoms with Crippen LogP contribution in [0.4, 0.5) is 11.4 Å². The lowest BCUT2D eigenvalue weighted by atomic mass is 9.99. The number of ether oxygens (including phenoxy) is 1. The van der Waals surface area contributed by atoms with Crippen LogP contribution in [0.3, 0.4) is 0 Å². The highest BCUT2D eigenvalue weighted by Crippen LogP contribution is 2.32. The number of nitro benzene ring substituents is 1. The van der Waals surface area contributed by atoms with Crippen LogP contribution in [0.15, 0.2) is 53.4 Å². The van der Waals surface area contributed by atoms with E-state index in [2.05, 4.69) is 5.32 Å². The maximum absolute atomic E-state index is 13.1. The Morgan fingerprint density at radius 3 is 2.62 bits per heavy atom. The van der Waals surface area contributed by atoms with Crippen molar-refractivity contribution in [2.45, 2.75) is 17.7 Å². The zero-order chi connectivity index (χ0) is 21.0. The highest BCUT2D eigenvalue weighted by Gasteiger charge is 2.35. The average molecular weight is 419 g/mol. The van der Waals surface area contributed by atoms with Crippen LogP contribution in [0.5, 0.6) is 5.75 Å². The van der Waals surface area contributed by atoms with E-state index in [1.165, 1.54) is 17.5 Å². The summed E-state index contributed by atoms with van der Waals surface area (Å²) < 4.78 is 32.5. The Kier molecular flexibility index (Phi) is 6.14. The van der Waals surface area contributed by atoms with Crippen molar-refractivity contribution in [3.63, 3.8) is 0 Å². The summed E-state index contributed by atoms with van der Waals surface area (Å²) in [6, 6.07) is 12.3. The summed E-state index contributed by atoms with van der Waals surface area (Å²) in [4.78, 5) is 22.8. The highest BCUT2D eigenvalue weighted by molar-refractivity contribution is 7.89. The van der Waals surface area contributed by atoms with E-state index in [-0.39, 0.29) is 35.3 Å². The predicted octanol–water partition coefficient (Wildman–Crippen LogP) is 2.64. The quantitative estimate of drug-likeness (QED) is 0.568. The standard InChI is InChI=1S/C19H21N3O6S/c1-28-17-12-16(22(24)25)9-10-18(17)29(26,27)21-11-5-6-14(13-21)19(23)20-15-7-3-2-4-8-15/h2-4,7-10,12,14H,5-6,11,13H2,1H3,(H,20,23). The van der Waals surface area contributed by atoms with E-state index < -0.39 is 20.9 Å². The van der Waals surface area contributed by atoms with Crippen LogP contribution in [-0.4, -0.2) is 43.8 Å². The van der Waals surface area contributed by atoms with Gasteiger partial charge < -0.3 is 10.1 Å². The van der Waals surface area contributed by atoms with Crippen LogP contribution >= 0.6 is 0 Å². The van der Waals surface area contributed by atoms with Crippen molar-refractivity contribution in [2.75, 3.05) is 25.5 Å². The number of rotatable bonds is 6. The molecule has 1 heterocycles. The Morgan fingerprint density at radius 2 is 1.97 bits per heavy atom. The molecule has 0 radical (unpaired) electrons. The van der Waals surface area contributed by atoms with Crippen LogP contribution in [0.25, 0.3) is 0 Å². The van der Waals surface area contributed by atoms with Crippen molar-refractivity contribution in [2.24, 2.45) is 5.92 Å². The van der Waals surface area contributed by atoms with Gasteiger partial charge in [-0.2, -0.15) is 4.31 Å². The van der Waals surface area contributed by atoms with Gasteiger partial charge in [-0.3, -0.25) is 14.9 Å². The zero-order valence-electron chi connectivity index (χ0n) is 15.8. The van der Waals surface area contributed by atoms with Gasteiger partial charge in [-0.15, -0.1) is 0 Å². The molecule has 154 valence electrons. The molecular formula is C19H21N3O6S. The summed E-state index contributed by atoms with van der Waals surface area (Å²) in [6.07, 6.45) is 1.10. The molecule has 1 fully saturated rings. The van der Waals surface area contributed by atoms with Gasteiger partial charge in [0.25, 0.3) is 5.69 Å². The van der Waals surface area contributed by atoms with Crippen LogP contribution in [-0.2, 0) is 14.8 Å². The second-order valence-corrected chi connectivity index (χ2v) is 8.56. The highest BCUT2D eigenvalue weighted by atomic mass is 32.2. The van der Waals surface area contributed by atoms with E-state index in [9.17, 15) is 23.3 Å². The Labute approximate surface area is 168 Å². The van der Waals surface area contributed by atoms with Crippen LogP contribution in [0.1, 0.15) is 12.8 Å². The Hall–Kier alpha value is -2.98. The van der Waals surface area contributed by atoms with Gasteiger partial charge in [-0.05, 0) is 31.0 Å². The second kappa shape index (κ2) is 8.58. The van der Waals surface area contributed by atoms with E-state index in [0.717, 1.165) is 12.1 Å². The molecule has 1 N–H and O–H groups in total. The fraction of sp³-hybridized carbons (Fsp3) is 0.316. The maximum Gasteiger partial charge on any atom is 0.273 e. The number of hydrogen-bond donors (Lipinski definition) is 1. The predicted molar refractivity (Wildman–Crippen MR) is 106 cm³/mol. The Bertz CT molecular complexity index is 1010. The van der Waals surface area contributed by atoms with Gasteiger partial charge in [0.05, 0.1) is 24.0 Å². The third-order valence-corrected chi connectivity index (χ3v) is 6.68. The molecule has 29 heavy (non-hydrogen) atoms. The van der Waals surface area contributed by atoms with Crippen molar-refractivity contribution in [3.05, 3.63) is 58.6 Å². The number of anilines is 1. The lowest BCUT2D eigenvalue weighted by molar-refractivity contribution is -0.385. The molecule has 1 unspecified atom stereocenters. The van der Waals surface area contributed by atoms with E-state index in [4.69, 9.17) is 4.74 Å². The van der Waals surface area contributed by atoms with Gasteiger partial charge in [0.15, 0.2) is 0 Å². The lowest BCUT2D eigenvalue weighted by Crippen LogP contribution is -2.43. The first-order valence-corrected chi connectivity index (χ1v) is 10.5. The van der Waals surface area contributed by atoms with Crippen molar-refractivity contribution < 1.29 is 22.9 Å². The number of nitrogens with zero attached hydrogens (tertiary/aromatic N) is 2. The van der Waals surface area contributed by atoms with Gasteiger partial charge in [0.2, 0.25) is 15.9 Å². The number of nitro groups is 1. The van der Waals surface area contributed by atoms with Crippen molar-refractivity contribution in [3.8, 4) is 5.75 Å². The SMILES string of the molecule is COc1cc([N+](=O)[O-])ccc1S(=O)(=O)N1CCCC(C(=O)Nc2ccccc2)C1. The molecule has 0 aromatic heterocycles. The minimum absolute atomic E-state index is 0.0289. The van der Waals surface area contributed by atoms with E-state index in [1.807, 2.05) is 6.07 Å². The number of sulfonamides is 1. The molecule has 10 heteroatoms. The smallest absolute Gasteiger partial charge is 0.273 e. The fourth-order valence-electron chi connectivity index (χ4n) is 3.26. The molecule has 1 aliphatic rings. The molecular weight excluding hydrogens is 398 g/mol. The molecule has 1 aliphatic heterocycles. The monoisotopic (exact) mass is 419 g/mol. The molecule has 3 rings (SSSR count). The first kappa shape index (κ1) is 20.7. The van der Waals surface area contributed by atoms with Crippen molar-refractivity contribution in [1.82, 2.24) is 4.31 Å². The van der Waals surface area contributed by atoms with Gasteiger partial charge in [-0.25, -0.2) is 8.42 Å². The first-order chi connectivity index (χ1) is 13.8. The molecule has 1 amide bonds. The van der Waals surface area contributed by atoms with Crippen LogP contribution in [0.2, 0.25) is 0 Å². The largest absolute Gasteiger partial charge is 0.495 e. The molecule has 0 aliphatic carbocycles. The fourth-order valence-corrected chi connectivity index (χ4v) is 4.92. The average Bonchev–Trinajstić information content (AvgIpc) is 2.74. The minimum atomic E-state index is -3.98. The van der Waals surface area contributed by atoms with E-state index in [1.54, 1.807) is 24.3 Å². The number of para-hydroxylation sites is 1. The maximum atomic E-state index is 13.1. The molecule has 1 saturated heterocycles. The van der Waals surface area contributed by atoms with Gasteiger partial charge in [0, 0.05) is 24.8 Å². The molecule has 0 saturated carbocycles. The number of nitrogens with one attached hydrogen (secondary N) is 1. The molecule has 9 nitrogen and oxygen atoms in total. The van der Waals surface area contributed by atoms with Gasteiger partial charge in [-0.1, -0.05) is 18.2 Å². The van der Waals surface area contributed by atoms with Crippen LogP contribution in [0, 0.1) is 16.0 Å². The number of amides is 1. The van der Waals surface area contributed by atoms with Crippen molar-refractivity contribution in [1.29, 1.82) is 0 Å². The van der Waals surface area contributed by atoms with Gasteiger partial charge in [0.1, 0.15) is 10.6 Å². The number of piperidine rings is 1. The second-order valence-electron chi connectivity index (χ2n) is 6.65. The summed E-state index contributed by atoms with van der Waals surface area (Å²) >= 11 is 0. The normalized spacial score (nSPS) is 17.5. The molecule has 0 bridgehead atoms. The number of benzene rings is 2. The molecule has 2 aromatic carbocycles. The first-order valence-electron chi connectivity index (χ1n) is 9.01. The zero-order valence-corrected chi connectivity index (χ0v) is 16.6. The number of carbonyl (C=O) groups excluding carboxylic acids is 1. The third-order valence-electron chi connectivity index (χ3n) is 4.77. The summed E-state index contributed by atoms with van der Waals surface area (Å²) in [5.41, 5.74) is 0.383. The van der Waals surface area contributed by atoms with E-state index in [0.29, 0.717) is 18.5 Å². The number of non-ortho nitro benzene ring substituents is 1. The summed E-state index contributed by atoms with van der Waals surface area (Å²) in [6.45, 7) is 0.290. The topological polar surface area (TPSA) is 119 Å². The summed E-state index contributed by atoms with van der Waals surface area (Å²) in [7, 11) is -2.73. The van der Waals surface area contributed by atoms with Crippen LogP contribution < -0.4 is 10.1 Å². The summed E-state index contributed by atoms with van der Waals surface area (Å²) in [5, 5.41) is 13.8. The number of methoxy groups -OCH3 is 1. The Balaban J connectivity index is 1.80. The Morgan fingerprint density at radius 1 is 1.24 bits per heavy atom. The lowest BCUT2D eigenvalue weighted by Gasteiger charge is -2.31. The molecule has 1 atom stereocenters. The third kappa shape index (κ3) is 4.54. The number of hydrogen-bond acceptors (Lipinski definition) is 6. The minimum Gasteiger partial charge on any atom is -0.495 e. The van der Waals surface area contributed by atoms with Gasteiger partial charge >= 0.3 is 0 Å². The summed E-state index contributed by atoms with van der Waals surface area (Å²) in [5.74, 6) is -0.843. The van der Waals surface area contributed by atoms with E-state index >= 15 is 0 Å². The molecule has 2 aromatic rings. The molecule has 0 spiro atoms. The van der Waals surface area contributed by atoms with Crippen molar-refractivity contribution >= 4 is 27.3 Å².